The van der Waals surface area contributed by atoms with Gasteiger partial charge in [0.05, 0.1) is 0 Å². The maximum Gasteiger partial charge on any atom is 0.0218 e. The van der Waals surface area contributed by atoms with Gasteiger partial charge in [0.15, 0.2) is 0 Å². The first-order chi connectivity index (χ1) is 12.7. The summed E-state index contributed by atoms with van der Waals surface area (Å²) in [6.45, 7) is 12.8. The van der Waals surface area contributed by atoms with Gasteiger partial charge in [0.2, 0.25) is 0 Å². The second kappa shape index (κ2) is 19.7. The van der Waals surface area contributed by atoms with E-state index >= 15 is 0 Å². The number of unbranched alkanes of at least 4 members (excludes halogenated alkanes) is 12. The zero-order valence-electron chi connectivity index (χ0n) is 19.1. The van der Waals surface area contributed by atoms with Crippen LogP contribution in [0.2, 0.25) is 0 Å². The van der Waals surface area contributed by atoms with Gasteiger partial charge in [-0.05, 0) is 33.1 Å². The molecule has 0 aliphatic rings. The molecule has 0 fully saturated rings. The van der Waals surface area contributed by atoms with E-state index in [1.807, 2.05) is 0 Å². The number of hydrogen-bond acceptors (Lipinski definition) is 2. The summed E-state index contributed by atoms with van der Waals surface area (Å²) >= 11 is 0. The van der Waals surface area contributed by atoms with Crippen molar-refractivity contribution in [2.24, 2.45) is 0 Å². The fourth-order valence-corrected chi connectivity index (χ4v) is 3.77. The summed E-state index contributed by atoms with van der Waals surface area (Å²) < 4.78 is 0. The largest absolute Gasteiger partial charge is 0.255 e. The molecule has 0 aromatic carbocycles. The van der Waals surface area contributed by atoms with E-state index in [4.69, 9.17) is 0 Å². The van der Waals surface area contributed by atoms with Gasteiger partial charge < -0.3 is 0 Å². The molecule has 2 unspecified atom stereocenters. The van der Waals surface area contributed by atoms with Gasteiger partial charge in [0, 0.05) is 18.6 Å². The minimum absolute atomic E-state index is 0.638. The fourth-order valence-electron chi connectivity index (χ4n) is 3.77. The SMILES string of the molecule is CCCCCCCCCCCCCC(C)N(NCCCCC)C(C)CC. The molecular formula is C24H52N2. The number of nitrogens with one attached hydrogen (secondary N) is 1. The van der Waals surface area contributed by atoms with Crippen LogP contribution in [-0.2, 0) is 0 Å². The molecule has 0 radical (unpaired) electrons. The van der Waals surface area contributed by atoms with Gasteiger partial charge in [-0.2, -0.15) is 0 Å². The van der Waals surface area contributed by atoms with Crippen molar-refractivity contribution in [2.75, 3.05) is 6.54 Å². The van der Waals surface area contributed by atoms with Crippen molar-refractivity contribution < 1.29 is 0 Å². The molecule has 2 heteroatoms. The van der Waals surface area contributed by atoms with Crippen LogP contribution < -0.4 is 5.43 Å². The van der Waals surface area contributed by atoms with E-state index in [1.54, 1.807) is 0 Å². The highest BCUT2D eigenvalue weighted by Crippen LogP contribution is 2.15. The smallest absolute Gasteiger partial charge is 0.0218 e. The summed E-state index contributed by atoms with van der Waals surface area (Å²) in [5.41, 5.74) is 3.73. The van der Waals surface area contributed by atoms with Gasteiger partial charge >= 0.3 is 0 Å². The van der Waals surface area contributed by atoms with E-state index in [1.165, 1.54) is 103 Å². The monoisotopic (exact) mass is 368 g/mol. The lowest BCUT2D eigenvalue weighted by Crippen LogP contribution is -2.49. The maximum atomic E-state index is 3.73. The van der Waals surface area contributed by atoms with Gasteiger partial charge in [-0.15, -0.1) is 0 Å². The molecular weight excluding hydrogens is 316 g/mol. The molecule has 0 aliphatic heterocycles. The molecule has 0 saturated heterocycles. The summed E-state index contributed by atoms with van der Waals surface area (Å²) in [5, 5.41) is 2.55. The lowest BCUT2D eigenvalue weighted by atomic mass is 10.0. The Labute approximate surface area is 166 Å². The quantitative estimate of drug-likeness (QED) is 0.174. The van der Waals surface area contributed by atoms with Crippen LogP contribution in [0, 0.1) is 0 Å². The van der Waals surface area contributed by atoms with Gasteiger partial charge in [0.1, 0.15) is 0 Å². The summed E-state index contributed by atoms with van der Waals surface area (Å²) in [7, 11) is 0. The summed E-state index contributed by atoms with van der Waals surface area (Å²) in [4.78, 5) is 0. The third-order valence-electron chi connectivity index (χ3n) is 5.84. The molecule has 2 nitrogen and oxygen atoms in total. The Kier molecular flexibility index (Phi) is 19.6. The second-order valence-corrected chi connectivity index (χ2v) is 8.45. The molecule has 26 heavy (non-hydrogen) atoms. The molecule has 0 saturated carbocycles. The number of nitrogens with zero attached hydrogens (tertiary/aromatic N) is 1. The standard InChI is InChI=1S/C24H52N2/c1-6-9-11-12-13-14-15-16-17-18-19-21-24(5)26(23(4)8-3)25-22-20-10-7-2/h23-25H,6-22H2,1-5H3. The summed E-state index contributed by atoms with van der Waals surface area (Å²) in [6.07, 6.45) is 22.3. The van der Waals surface area contributed by atoms with Crippen LogP contribution in [0.5, 0.6) is 0 Å². The lowest BCUT2D eigenvalue weighted by Gasteiger charge is -2.35. The number of hydrogen-bond donors (Lipinski definition) is 1. The van der Waals surface area contributed by atoms with Crippen LogP contribution in [-0.4, -0.2) is 23.6 Å². The predicted octanol–water partition coefficient (Wildman–Crippen LogP) is 7.87. The maximum absolute atomic E-state index is 3.73. The highest BCUT2D eigenvalue weighted by Gasteiger charge is 2.17. The Morgan fingerprint density at radius 3 is 1.54 bits per heavy atom. The molecule has 0 heterocycles. The average molecular weight is 369 g/mol. The molecule has 2 atom stereocenters. The third-order valence-corrected chi connectivity index (χ3v) is 5.84. The highest BCUT2D eigenvalue weighted by molar-refractivity contribution is 4.70. The Morgan fingerprint density at radius 2 is 1.04 bits per heavy atom. The van der Waals surface area contributed by atoms with Crippen LogP contribution in [0.1, 0.15) is 137 Å². The molecule has 0 aromatic rings. The summed E-state index contributed by atoms with van der Waals surface area (Å²) in [6, 6.07) is 1.30. The Morgan fingerprint density at radius 1 is 0.577 bits per heavy atom. The van der Waals surface area contributed by atoms with Crippen molar-refractivity contribution in [3.63, 3.8) is 0 Å². The predicted molar refractivity (Wildman–Crippen MR) is 120 cm³/mol. The molecule has 1 N–H and O–H groups in total. The van der Waals surface area contributed by atoms with Gasteiger partial charge in [-0.3, -0.25) is 5.43 Å². The summed E-state index contributed by atoms with van der Waals surface area (Å²) in [5.74, 6) is 0. The zero-order chi connectivity index (χ0) is 19.5. The molecule has 0 aromatic heterocycles. The molecule has 0 aliphatic carbocycles. The first-order valence-electron chi connectivity index (χ1n) is 12.2. The number of hydrazine groups is 1. The van der Waals surface area contributed by atoms with Crippen LogP contribution >= 0.6 is 0 Å². The second-order valence-electron chi connectivity index (χ2n) is 8.45. The minimum atomic E-state index is 0.638. The zero-order valence-corrected chi connectivity index (χ0v) is 19.1. The van der Waals surface area contributed by atoms with Crippen molar-refractivity contribution in [3.05, 3.63) is 0 Å². The van der Waals surface area contributed by atoms with Crippen LogP contribution in [0.25, 0.3) is 0 Å². The molecule has 158 valence electrons. The lowest BCUT2D eigenvalue weighted by molar-refractivity contribution is 0.0754. The van der Waals surface area contributed by atoms with Crippen molar-refractivity contribution in [3.8, 4) is 0 Å². The van der Waals surface area contributed by atoms with E-state index in [9.17, 15) is 0 Å². The fraction of sp³-hybridized carbons (Fsp3) is 1.00. The Bertz CT molecular complexity index is 267. The molecule has 0 spiro atoms. The Balaban J connectivity index is 3.69. The van der Waals surface area contributed by atoms with Crippen molar-refractivity contribution in [1.82, 2.24) is 10.4 Å². The topological polar surface area (TPSA) is 15.3 Å². The number of rotatable bonds is 20. The van der Waals surface area contributed by atoms with E-state index in [-0.39, 0.29) is 0 Å². The van der Waals surface area contributed by atoms with E-state index in [2.05, 4.69) is 45.1 Å². The van der Waals surface area contributed by atoms with Gasteiger partial charge in [-0.1, -0.05) is 104 Å². The minimum Gasteiger partial charge on any atom is -0.255 e. The highest BCUT2D eigenvalue weighted by atomic mass is 15.5. The van der Waals surface area contributed by atoms with E-state index in [0.717, 1.165) is 6.54 Å². The van der Waals surface area contributed by atoms with Gasteiger partial charge in [-0.25, -0.2) is 5.01 Å². The van der Waals surface area contributed by atoms with Crippen LogP contribution in [0.3, 0.4) is 0 Å². The van der Waals surface area contributed by atoms with Crippen molar-refractivity contribution >= 4 is 0 Å². The van der Waals surface area contributed by atoms with Gasteiger partial charge in [0.25, 0.3) is 0 Å². The van der Waals surface area contributed by atoms with Crippen molar-refractivity contribution in [2.45, 2.75) is 149 Å². The molecule has 0 bridgehead atoms. The molecule has 0 amide bonds. The third kappa shape index (κ3) is 15.0. The first-order valence-corrected chi connectivity index (χ1v) is 12.2. The van der Waals surface area contributed by atoms with E-state index in [0.29, 0.717) is 12.1 Å². The van der Waals surface area contributed by atoms with E-state index < -0.39 is 0 Å². The van der Waals surface area contributed by atoms with Crippen LogP contribution in [0.4, 0.5) is 0 Å². The first kappa shape index (κ1) is 25.9. The Hall–Kier alpha value is -0.0800. The van der Waals surface area contributed by atoms with Crippen LogP contribution in [0.15, 0.2) is 0 Å². The average Bonchev–Trinajstić information content (AvgIpc) is 2.65. The molecule has 0 rings (SSSR count). The van der Waals surface area contributed by atoms with Crippen molar-refractivity contribution in [1.29, 1.82) is 0 Å². The normalized spacial score (nSPS) is 14.1.